The lowest BCUT2D eigenvalue weighted by atomic mass is 9.90. The van der Waals surface area contributed by atoms with E-state index in [0.717, 1.165) is 11.8 Å². The smallest absolute Gasteiger partial charge is 0.0165 e. The van der Waals surface area contributed by atoms with Crippen LogP contribution in [0, 0.1) is 5.92 Å². The van der Waals surface area contributed by atoms with Crippen molar-refractivity contribution in [2.24, 2.45) is 5.92 Å². The first-order chi connectivity index (χ1) is 8.77. The summed E-state index contributed by atoms with van der Waals surface area (Å²) in [5.74, 6) is 1.69. The highest BCUT2D eigenvalue weighted by atomic mass is 14.1. The molecule has 1 rings (SSSR count). The Kier molecular flexibility index (Phi) is 7.80. The van der Waals surface area contributed by atoms with Crippen molar-refractivity contribution in [3.05, 3.63) is 35.9 Å². The normalized spacial score (nSPS) is 14.4. The molecule has 1 aromatic rings. The van der Waals surface area contributed by atoms with E-state index in [4.69, 9.17) is 0 Å². The molecule has 0 heterocycles. The summed E-state index contributed by atoms with van der Waals surface area (Å²) in [5.41, 5.74) is 1.53. The summed E-state index contributed by atoms with van der Waals surface area (Å²) in [6.45, 7) is 6.99. The standard InChI is InChI=1S/C18H30/c1-4-16(3)12-8-6-9-13-17(5-2)18-14-10-7-11-15-18/h7,10-11,14-17H,4-6,8-9,12-13H2,1-3H3. The summed E-state index contributed by atoms with van der Waals surface area (Å²) in [4.78, 5) is 0. The van der Waals surface area contributed by atoms with Crippen molar-refractivity contribution in [2.75, 3.05) is 0 Å². The minimum absolute atomic E-state index is 0.773. The zero-order valence-electron chi connectivity index (χ0n) is 12.5. The fraction of sp³-hybridized carbons (Fsp3) is 0.667. The van der Waals surface area contributed by atoms with Crippen molar-refractivity contribution >= 4 is 0 Å². The average molecular weight is 246 g/mol. The number of benzene rings is 1. The van der Waals surface area contributed by atoms with Crippen molar-refractivity contribution in [1.29, 1.82) is 0 Å². The summed E-state index contributed by atoms with van der Waals surface area (Å²) in [5, 5.41) is 0. The van der Waals surface area contributed by atoms with Crippen LogP contribution in [0.1, 0.15) is 77.2 Å². The summed E-state index contributed by atoms with van der Waals surface area (Å²) >= 11 is 0. The topological polar surface area (TPSA) is 0 Å². The maximum Gasteiger partial charge on any atom is -0.0165 e. The molecule has 0 aliphatic carbocycles. The van der Waals surface area contributed by atoms with E-state index < -0.39 is 0 Å². The third-order valence-electron chi connectivity index (χ3n) is 4.21. The van der Waals surface area contributed by atoms with E-state index in [2.05, 4.69) is 51.1 Å². The van der Waals surface area contributed by atoms with Gasteiger partial charge in [-0.2, -0.15) is 0 Å². The van der Waals surface area contributed by atoms with Crippen LogP contribution < -0.4 is 0 Å². The second-order valence-corrected chi connectivity index (χ2v) is 5.67. The molecule has 0 aliphatic heterocycles. The molecule has 0 N–H and O–H groups in total. The molecule has 0 aliphatic rings. The van der Waals surface area contributed by atoms with E-state index in [0.29, 0.717) is 0 Å². The van der Waals surface area contributed by atoms with E-state index in [9.17, 15) is 0 Å². The van der Waals surface area contributed by atoms with Crippen LogP contribution in [-0.4, -0.2) is 0 Å². The Morgan fingerprint density at radius 2 is 1.50 bits per heavy atom. The van der Waals surface area contributed by atoms with Crippen LogP contribution in [0.2, 0.25) is 0 Å². The van der Waals surface area contributed by atoms with Crippen LogP contribution in [-0.2, 0) is 0 Å². The molecule has 18 heavy (non-hydrogen) atoms. The van der Waals surface area contributed by atoms with Gasteiger partial charge in [0.05, 0.1) is 0 Å². The molecule has 0 saturated carbocycles. The maximum atomic E-state index is 2.37. The Hall–Kier alpha value is -0.780. The highest BCUT2D eigenvalue weighted by Crippen LogP contribution is 2.26. The molecule has 0 bridgehead atoms. The quantitative estimate of drug-likeness (QED) is 0.457. The molecule has 0 aromatic heterocycles. The summed E-state index contributed by atoms with van der Waals surface area (Å²) in [7, 11) is 0. The highest BCUT2D eigenvalue weighted by molar-refractivity contribution is 5.19. The molecule has 0 radical (unpaired) electrons. The largest absolute Gasteiger partial charge is 0.0651 e. The fourth-order valence-electron chi connectivity index (χ4n) is 2.60. The van der Waals surface area contributed by atoms with Crippen molar-refractivity contribution in [3.8, 4) is 0 Å². The Balaban J connectivity index is 2.21. The Bertz CT molecular complexity index is 288. The average Bonchev–Trinajstić information content (AvgIpc) is 2.43. The minimum Gasteiger partial charge on any atom is -0.0651 e. The maximum absolute atomic E-state index is 2.37. The van der Waals surface area contributed by atoms with Gasteiger partial charge >= 0.3 is 0 Å². The number of rotatable bonds is 9. The predicted octanol–water partition coefficient (Wildman–Crippen LogP) is 6.18. The van der Waals surface area contributed by atoms with Gasteiger partial charge in [-0.1, -0.05) is 83.2 Å². The van der Waals surface area contributed by atoms with Gasteiger partial charge in [-0.3, -0.25) is 0 Å². The monoisotopic (exact) mass is 246 g/mol. The van der Waals surface area contributed by atoms with Crippen molar-refractivity contribution in [3.63, 3.8) is 0 Å². The first-order valence-electron chi connectivity index (χ1n) is 7.82. The third kappa shape index (κ3) is 5.71. The molecular formula is C18H30. The van der Waals surface area contributed by atoms with Crippen LogP contribution in [0.4, 0.5) is 0 Å². The van der Waals surface area contributed by atoms with Gasteiger partial charge in [0.25, 0.3) is 0 Å². The molecule has 2 atom stereocenters. The molecule has 0 nitrogen and oxygen atoms in total. The van der Waals surface area contributed by atoms with Gasteiger partial charge < -0.3 is 0 Å². The van der Waals surface area contributed by atoms with E-state index in [1.807, 2.05) is 0 Å². The highest BCUT2D eigenvalue weighted by Gasteiger charge is 2.08. The molecular weight excluding hydrogens is 216 g/mol. The van der Waals surface area contributed by atoms with E-state index in [-0.39, 0.29) is 0 Å². The third-order valence-corrected chi connectivity index (χ3v) is 4.21. The van der Waals surface area contributed by atoms with Gasteiger partial charge in [0.2, 0.25) is 0 Å². The van der Waals surface area contributed by atoms with Gasteiger partial charge in [0.1, 0.15) is 0 Å². The van der Waals surface area contributed by atoms with Gasteiger partial charge in [-0.25, -0.2) is 0 Å². The van der Waals surface area contributed by atoms with Crippen LogP contribution in [0.25, 0.3) is 0 Å². The van der Waals surface area contributed by atoms with E-state index in [1.165, 1.54) is 50.5 Å². The summed E-state index contributed by atoms with van der Waals surface area (Å²) in [6.07, 6.45) is 9.61. The van der Waals surface area contributed by atoms with Crippen LogP contribution in [0.3, 0.4) is 0 Å². The fourth-order valence-corrected chi connectivity index (χ4v) is 2.60. The summed E-state index contributed by atoms with van der Waals surface area (Å²) < 4.78 is 0. The predicted molar refractivity (Wildman–Crippen MR) is 82.0 cm³/mol. The van der Waals surface area contributed by atoms with Crippen LogP contribution >= 0.6 is 0 Å². The Labute approximate surface area is 114 Å². The molecule has 0 spiro atoms. The number of hydrogen-bond acceptors (Lipinski definition) is 0. The zero-order chi connectivity index (χ0) is 13.2. The van der Waals surface area contributed by atoms with Crippen molar-refractivity contribution in [2.45, 2.75) is 71.6 Å². The van der Waals surface area contributed by atoms with Gasteiger partial charge in [0, 0.05) is 0 Å². The molecule has 0 saturated heterocycles. The van der Waals surface area contributed by atoms with Crippen molar-refractivity contribution in [1.82, 2.24) is 0 Å². The molecule has 0 fully saturated rings. The second kappa shape index (κ2) is 9.19. The number of hydrogen-bond donors (Lipinski definition) is 0. The minimum atomic E-state index is 0.773. The SMILES string of the molecule is CCC(C)CCCCCC(CC)c1ccccc1. The van der Waals surface area contributed by atoms with Crippen LogP contribution in [0.5, 0.6) is 0 Å². The Morgan fingerprint density at radius 1 is 0.833 bits per heavy atom. The van der Waals surface area contributed by atoms with E-state index in [1.54, 1.807) is 0 Å². The first-order valence-corrected chi connectivity index (χ1v) is 7.82. The zero-order valence-corrected chi connectivity index (χ0v) is 12.5. The Morgan fingerprint density at radius 3 is 2.11 bits per heavy atom. The summed E-state index contributed by atoms with van der Waals surface area (Å²) in [6, 6.07) is 11.0. The molecule has 1 aromatic carbocycles. The van der Waals surface area contributed by atoms with Gasteiger partial charge in [0.15, 0.2) is 0 Å². The van der Waals surface area contributed by atoms with E-state index >= 15 is 0 Å². The van der Waals surface area contributed by atoms with Crippen LogP contribution in [0.15, 0.2) is 30.3 Å². The van der Waals surface area contributed by atoms with Gasteiger partial charge in [-0.15, -0.1) is 0 Å². The van der Waals surface area contributed by atoms with Crippen molar-refractivity contribution < 1.29 is 0 Å². The molecule has 0 amide bonds. The molecule has 102 valence electrons. The lowest BCUT2D eigenvalue weighted by Crippen LogP contribution is -1.98. The number of unbranched alkanes of at least 4 members (excludes halogenated alkanes) is 2. The van der Waals surface area contributed by atoms with Gasteiger partial charge in [-0.05, 0) is 30.2 Å². The lowest BCUT2D eigenvalue weighted by molar-refractivity contribution is 0.463. The second-order valence-electron chi connectivity index (χ2n) is 5.67. The molecule has 2 unspecified atom stereocenters. The first kappa shape index (κ1) is 15.3. The lowest BCUT2D eigenvalue weighted by Gasteiger charge is -2.15. The molecule has 0 heteroatoms.